The van der Waals surface area contributed by atoms with Gasteiger partial charge >= 0.3 is 5.97 Å². The molecule has 0 spiro atoms. The Bertz CT molecular complexity index is 621. The minimum Gasteiger partial charge on any atom is -0.478 e. The molecule has 116 valence electrons. The lowest BCUT2D eigenvalue weighted by atomic mass is 9.83. The maximum atomic E-state index is 12.2. The normalized spacial score (nSPS) is 15.7. The van der Waals surface area contributed by atoms with Crippen LogP contribution < -0.4 is 4.72 Å². The van der Waals surface area contributed by atoms with Crippen molar-refractivity contribution in [1.82, 2.24) is 4.72 Å². The Hall–Kier alpha value is -1.40. The van der Waals surface area contributed by atoms with Crippen molar-refractivity contribution in [3.8, 4) is 0 Å². The van der Waals surface area contributed by atoms with Gasteiger partial charge in [0.05, 0.1) is 10.5 Å². The number of hydrogen-bond donors (Lipinski definition) is 2. The summed E-state index contributed by atoms with van der Waals surface area (Å²) in [5, 5.41) is 9.16. The van der Waals surface area contributed by atoms with Crippen molar-refractivity contribution in [2.45, 2.75) is 43.9 Å². The zero-order chi connectivity index (χ0) is 15.5. The van der Waals surface area contributed by atoms with Crippen LogP contribution in [-0.2, 0) is 16.4 Å². The molecule has 0 radical (unpaired) electrons. The van der Waals surface area contributed by atoms with E-state index in [1.54, 1.807) is 6.07 Å². The molecule has 0 heterocycles. The van der Waals surface area contributed by atoms with Crippen molar-refractivity contribution in [3.63, 3.8) is 0 Å². The van der Waals surface area contributed by atoms with Gasteiger partial charge in [-0.15, -0.1) is 0 Å². The number of hydrogen-bond acceptors (Lipinski definition) is 3. The third-order valence-electron chi connectivity index (χ3n) is 4.07. The van der Waals surface area contributed by atoms with E-state index in [0.717, 1.165) is 6.42 Å². The summed E-state index contributed by atoms with van der Waals surface area (Å²) in [6, 6.07) is 4.29. The molecule has 1 aliphatic rings. The molecule has 21 heavy (non-hydrogen) atoms. The Morgan fingerprint density at radius 1 is 1.38 bits per heavy atom. The van der Waals surface area contributed by atoms with Crippen molar-refractivity contribution in [2.75, 3.05) is 6.54 Å². The van der Waals surface area contributed by atoms with E-state index in [-0.39, 0.29) is 10.5 Å². The first kappa shape index (κ1) is 16.0. The van der Waals surface area contributed by atoms with Crippen LogP contribution in [0.2, 0.25) is 0 Å². The monoisotopic (exact) mass is 311 g/mol. The fourth-order valence-electron chi connectivity index (χ4n) is 2.49. The van der Waals surface area contributed by atoms with Gasteiger partial charge in [0, 0.05) is 6.54 Å². The van der Waals surface area contributed by atoms with Gasteiger partial charge < -0.3 is 5.11 Å². The van der Waals surface area contributed by atoms with E-state index in [0.29, 0.717) is 24.4 Å². The molecule has 2 N–H and O–H groups in total. The van der Waals surface area contributed by atoms with Crippen LogP contribution in [0.15, 0.2) is 23.1 Å². The third kappa shape index (κ3) is 3.83. The van der Waals surface area contributed by atoms with Crippen LogP contribution in [0.4, 0.5) is 0 Å². The number of nitrogens with one attached hydrogen (secondary N) is 1. The fourth-order valence-corrected chi connectivity index (χ4v) is 3.57. The van der Waals surface area contributed by atoms with E-state index in [4.69, 9.17) is 5.11 Å². The topological polar surface area (TPSA) is 83.5 Å². The molecular formula is C15H21NO4S. The van der Waals surface area contributed by atoms with Gasteiger partial charge in [-0.05, 0) is 36.5 Å². The van der Waals surface area contributed by atoms with Crippen molar-refractivity contribution in [3.05, 3.63) is 29.3 Å². The lowest BCUT2D eigenvalue weighted by Crippen LogP contribution is -2.27. The average molecular weight is 311 g/mol. The van der Waals surface area contributed by atoms with E-state index < -0.39 is 16.0 Å². The van der Waals surface area contributed by atoms with E-state index in [1.165, 1.54) is 31.4 Å². The Morgan fingerprint density at radius 3 is 2.62 bits per heavy atom. The zero-order valence-electron chi connectivity index (χ0n) is 12.1. The molecule has 5 nitrogen and oxygen atoms in total. The predicted molar refractivity (Wildman–Crippen MR) is 79.9 cm³/mol. The quantitative estimate of drug-likeness (QED) is 0.810. The first-order valence-corrected chi connectivity index (χ1v) is 8.78. The molecule has 1 fully saturated rings. The Labute approximate surface area is 125 Å². The number of aromatic carboxylic acids is 1. The Morgan fingerprint density at radius 2 is 2.10 bits per heavy atom. The molecule has 1 aromatic rings. The van der Waals surface area contributed by atoms with E-state index in [1.807, 2.05) is 6.92 Å². The molecule has 0 aromatic heterocycles. The molecule has 0 aliphatic heterocycles. The summed E-state index contributed by atoms with van der Waals surface area (Å²) in [5.74, 6) is -0.469. The van der Waals surface area contributed by atoms with Crippen molar-refractivity contribution >= 4 is 16.0 Å². The van der Waals surface area contributed by atoms with Crippen LogP contribution in [0.3, 0.4) is 0 Å². The molecule has 0 unspecified atom stereocenters. The third-order valence-corrected chi connectivity index (χ3v) is 5.53. The van der Waals surface area contributed by atoms with Gasteiger partial charge in [0.25, 0.3) is 0 Å². The summed E-state index contributed by atoms with van der Waals surface area (Å²) in [4.78, 5) is 11.2. The van der Waals surface area contributed by atoms with Gasteiger partial charge in [-0.3, -0.25) is 0 Å². The predicted octanol–water partition coefficient (Wildman–Crippen LogP) is 2.42. The van der Waals surface area contributed by atoms with E-state index in [9.17, 15) is 13.2 Å². The van der Waals surface area contributed by atoms with Gasteiger partial charge in [0.1, 0.15) is 0 Å². The smallest absolute Gasteiger partial charge is 0.336 e. The second-order valence-electron chi connectivity index (χ2n) is 5.46. The lowest BCUT2D eigenvalue weighted by Gasteiger charge is -2.25. The first-order chi connectivity index (χ1) is 9.94. The highest BCUT2D eigenvalue weighted by atomic mass is 32.2. The Balaban J connectivity index is 2.11. The van der Waals surface area contributed by atoms with Crippen LogP contribution in [0.1, 0.15) is 48.5 Å². The van der Waals surface area contributed by atoms with Gasteiger partial charge in [-0.1, -0.05) is 32.3 Å². The van der Waals surface area contributed by atoms with Gasteiger partial charge in [0.15, 0.2) is 0 Å². The number of aryl methyl sites for hydroxylation is 1. The van der Waals surface area contributed by atoms with Crippen LogP contribution in [0.5, 0.6) is 0 Å². The van der Waals surface area contributed by atoms with Crippen molar-refractivity contribution in [2.24, 2.45) is 5.92 Å². The van der Waals surface area contributed by atoms with Crippen molar-refractivity contribution < 1.29 is 18.3 Å². The standard InChI is InChI=1S/C15H21NO4S/c1-2-12-6-7-13(10-14(12)15(17)18)21(19,20)16-9-8-11-4-3-5-11/h6-7,10-11,16H,2-5,8-9H2,1H3,(H,17,18). The summed E-state index contributed by atoms with van der Waals surface area (Å²) >= 11 is 0. The molecule has 0 saturated heterocycles. The number of carbonyl (C=O) groups is 1. The molecule has 0 atom stereocenters. The maximum Gasteiger partial charge on any atom is 0.336 e. The number of sulfonamides is 1. The largest absolute Gasteiger partial charge is 0.478 e. The highest BCUT2D eigenvalue weighted by Crippen LogP contribution is 2.29. The molecule has 0 bridgehead atoms. The Kier molecular flexibility index (Phi) is 5.00. The van der Waals surface area contributed by atoms with Crippen molar-refractivity contribution in [1.29, 1.82) is 0 Å². The highest BCUT2D eigenvalue weighted by molar-refractivity contribution is 7.89. The molecule has 1 aliphatic carbocycles. The van der Waals surface area contributed by atoms with Crippen LogP contribution >= 0.6 is 0 Å². The van der Waals surface area contributed by atoms with Crippen LogP contribution in [0.25, 0.3) is 0 Å². The number of carboxylic acids is 1. The molecule has 0 amide bonds. The summed E-state index contributed by atoms with van der Waals surface area (Å²) in [5.41, 5.74) is 0.690. The second kappa shape index (κ2) is 6.58. The summed E-state index contributed by atoms with van der Waals surface area (Å²) in [6.45, 7) is 2.25. The number of benzene rings is 1. The van der Waals surface area contributed by atoms with E-state index in [2.05, 4.69) is 4.72 Å². The van der Waals surface area contributed by atoms with E-state index >= 15 is 0 Å². The minimum atomic E-state index is -3.63. The molecule has 1 aromatic carbocycles. The summed E-state index contributed by atoms with van der Waals surface area (Å²) < 4.78 is 26.9. The SMILES string of the molecule is CCc1ccc(S(=O)(=O)NCCC2CCC2)cc1C(=O)O. The maximum absolute atomic E-state index is 12.2. The van der Waals surface area contributed by atoms with Gasteiger partial charge in [-0.25, -0.2) is 17.9 Å². The molecule has 2 rings (SSSR count). The number of carboxylic acid groups (broad SMARTS) is 1. The zero-order valence-corrected chi connectivity index (χ0v) is 12.9. The summed E-state index contributed by atoms with van der Waals surface area (Å²) in [7, 11) is -3.63. The average Bonchev–Trinajstić information content (AvgIpc) is 2.40. The lowest BCUT2D eigenvalue weighted by molar-refractivity contribution is 0.0695. The number of rotatable bonds is 7. The van der Waals surface area contributed by atoms with Crippen LogP contribution in [0, 0.1) is 5.92 Å². The van der Waals surface area contributed by atoms with Gasteiger partial charge in [-0.2, -0.15) is 0 Å². The van der Waals surface area contributed by atoms with Crippen LogP contribution in [-0.4, -0.2) is 26.0 Å². The molecule has 6 heteroatoms. The minimum absolute atomic E-state index is 0.0192. The molecular weight excluding hydrogens is 290 g/mol. The highest BCUT2D eigenvalue weighted by Gasteiger charge is 2.20. The summed E-state index contributed by atoms with van der Waals surface area (Å²) in [6.07, 6.45) is 4.99. The fraction of sp³-hybridized carbons (Fsp3) is 0.533. The van der Waals surface area contributed by atoms with Gasteiger partial charge in [0.2, 0.25) is 10.0 Å². The molecule has 1 saturated carbocycles. The first-order valence-electron chi connectivity index (χ1n) is 7.30. The second-order valence-corrected chi connectivity index (χ2v) is 7.23.